The van der Waals surface area contributed by atoms with Gasteiger partial charge in [-0.15, -0.1) is 11.6 Å². The minimum atomic E-state index is 0.460. The molecule has 0 aromatic carbocycles. The molecule has 0 amide bonds. The molecule has 21 heavy (non-hydrogen) atoms. The van der Waals surface area contributed by atoms with Crippen LogP contribution >= 0.6 is 11.6 Å². The number of nitrogens with zero attached hydrogens (tertiary/aromatic N) is 5. The second-order valence-corrected chi connectivity index (χ2v) is 6.30. The first-order valence-corrected chi connectivity index (χ1v) is 8.34. The van der Waals surface area contributed by atoms with E-state index >= 15 is 0 Å². The van der Waals surface area contributed by atoms with E-state index in [0.29, 0.717) is 11.8 Å². The standard InChI is InChI=1S/C15H24ClN5/c1-4-20-7-5-12(6-8-20)10-21-13(9-16)17-14-11(2)18-19(3)15(14)21/h12H,4-10H2,1-3H3. The normalized spacial score (nSPS) is 17.9. The van der Waals surface area contributed by atoms with Crippen molar-refractivity contribution in [1.29, 1.82) is 0 Å². The van der Waals surface area contributed by atoms with Crippen molar-refractivity contribution in [1.82, 2.24) is 24.2 Å². The predicted molar refractivity (Wildman–Crippen MR) is 85.6 cm³/mol. The molecule has 1 aliphatic heterocycles. The summed E-state index contributed by atoms with van der Waals surface area (Å²) in [6.45, 7) is 8.84. The molecule has 0 bridgehead atoms. The van der Waals surface area contributed by atoms with Crippen LogP contribution in [0.3, 0.4) is 0 Å². The largest absolute Gasteiger partial charge is 0.312 e. The van der Waals surface area contributed by atoms with Gasteiger partial charge in [0.25, 0.3) is 0 Å². The van der Waals surface area contributed by atoms with Gasteiger partial charge in [0.15, 0.2) is 5.65 Å². The molecule has 3 heterocycles. The Morgan fingerprint density at radius 2 is 2.00 bits per heavy atom. The van der Waals surface area contributed by atoms with Crippen LogP contribution in [-0.4, -0.2) is 43.9 Å². The van der Waals surface area contributed by atoms with E-state index in [1.807, 2.05) is 18.7 Å². The molecule has 0 unspecified atom stereocenters. The summed E-state index contributed by atoms with van der Waals surface area (Å²) < 4.78 is 4.23. The van der Waals surface area contributed by atoms with Gasteiger partial charge in [-0.2, -0.15) is 5.10 Å². The number of hydrogen-bond donors (Lipinski definition) is 0. The summed E-state index contributed by atoms with van der Waals surface area (Å²) in [6.07, 6.45) is 2.51. The lowest BCUT2D eigenvalue weighted by Crippen LogP contribution is -2.34. The summed E-state index contributed by atoms with van der Waals surface area (Å²) in [5.41, 5.74) is 3.10. The summed E-state index contributed by atoms with van der Waals surface area (Å²) in [4.78, 5) is 7.21. The van der Waals surface area contributed by atoms with E-state index < -0.39 is 0 Å². The number of piperidine rings is 1. The van der Waals surface area contributed by atoms with Crippen LogP contribution in [0.4, 0.5) is 0 Å². The Morgan fingerprint density at radius 3 is 2.62 bits per heavy atom. The second-order valence-electron chi connectivity index (χ2n) is 6.03. The average Bonchev–Trinajstić information content (AvgIpc) is 2.99. The number of aromatic nitrogens is 4. The fourth-order valence-corrected chi connectivity index (χ4v) is 3.62. The fraction of sp³-hybridized carbons (Fsp3) is 0.733. The van der Waals surface area contributed by atoms with E-state index in [1.165, 1.54) is 25.9 Å². The first-order valence-electron chi connectivity index (χ1n) is 7.81. The van der Waals surface area contributed by atoms with E-state index in [-0.39, 0.29) is 0 Å². The second kappa shape index (κ2) is 5.97. The third-order valence-corrected chi connectivity index (χ3v) is 4.92. The summed E-state index contributed by atoms with van der Waals surface area (Å²) in [7, 11) is 1.99. The molecule has 1 aliphatic rings. The Bertz CT molecular complexity index is 622. The van der Waals surface area contributed by atoms with Gasteiger partial charge in [-0.25, -0.2) is 4.98 Å². The number of halogens is 1. The van der Waals surface area contributed by atoms with Gasteiger partial charge in [0.1, 0.15) is 11.3 Å². The average molecular weight is 310 g/mol. The van der Waals surface area contributed by atoms with Gasteiger partial charge in [0.05, 0.1) is 11.6 Å². The SMILES string of the molecule is CCN1CCC(Cn2c(CCl)nc3c(C)nn(C)c32)CC1. The van der Waals surface area contributed by atoms with E-state index in [9.17, 15) is 0 Å². The molecule has 1 saturated heterocycles. The molecule has 0 spiro atoms. The maximum Gasteiger partial charge on any atom is 0.158 e. The number of hydrogen-bond acceptors (Lipinski definition) is 3. The molecule has 1 fully saturated rings. The van der Waals surface area contributed by atoms with Crippen LogP contribution in [-0.2, 0) is 19.5 Å². The van der Waals surface area contributed by atoms with Crippen LogP contribution in [0.1, 0.15) is 31.3 Å². The zero-order valence-corrected chi connectivity index (χ0v) is 13.9. The van der Waals surface area contributed by atoms with E-state index in [2.05, 4.69) is 26.5 Å². The Morgan fingerprint density at radius 1 is 1.29 bits per heavy atom. The minimum absolute atomic E-state index is 0.460. The van der Waals surface area contributed by atoms with Gasteiger partial charge in [-0.1, -0.05) is 6.92 Å². The summed E-state index contributed by atoms with van der Waals surface area (Å²) in [6, 6.07) is 0. The number of imidazole rings is 1. The zero-order chi connectivity index (χ0) is 15.0. The Hall–Kier alpha value is -1.07. The number of likely N-dealkylation sites (tertiary alicyclic amines) is 1. The van der Waals surface area contributed by atoms with Gasteiger partial charge >= 0.3 is 0 Å². The molecule has 2 aromatic heterocycles. The van der Waals surface area contributed by atoms with Crippen LogP contribution in [0, 0.1) is 12.8 Å². The number of aryl methyl sites for hydroxylation is 2. The van der Waals surface area contributed by atoms with E-state index in [0.717, 1.165) is 35.8 Å². The summed E-state index contributed by atoms with van der Waals surface area (Å²) in [5, 5.41) is 4.49. The molecule has 3 rings (SSSR count). The lowest BCUT2D eigenvalue weighted by molar-refractivity contribution is 0.181. The molecule has 2 aromatic rings. The highest BCUT2D eigenvalue weighted by atomic mass is 35.5. The smallest absolute Gasteiger partial charge is 0.158 e. The maximum atomic E-state index is 6.11. The van der Waals surface area contributed by atoms with Gasteiger partial charge in [0.2, 0.25) is 0 Å². The molecule has 0 aliphatic carbocycles. The zero-order valence-electron chi connectivity index (χ0n) is 13.1. The van der Waals surface area contributed by atoms with Crippen molar-refractivity contribution in [3.8, 4) is 0 Å². The highest BCUT2D eigenvalue weighted by Crippen LogP contribution is 2.25. The molecule has 0 radical (unpaired) electrons. The third kappa shape index (κ3) is 2.69. The van der Waals surface area contributed by atoms with Crippen LogP contribution in [0.5, 0.6) is 0 Å². The van der Waals surface area contributed by atoms with Crippen LogP contribution in [0.25, 0.3) is 11.2 Å². The van der Waals surface area contributed by atoms with Crippen molar-refractivity contribution in [3.05, 3.63) is 11.5 Å². The van der Waals surface area contributed by atoms with E-state index in [4.69, 9.17) is 11.6 Å². The number of rotatable bonds is 4. The van der Waals surface area contributed by atoms with Gasteiger partial charge < -0.3 is 9.47 Å². The first-order chi connectivity index (χ1) is 10.1. The summed E-state index contributed by atoms with van der Waals surface area (Å²) >= 11 is 6.11. The molecule has 0 saturated carbocycles. The summed E-state index contributed by atoms with van der Waals surface area (Å²) in [5.74, 6) is 2.14. The topological polar surface area (TPSA) is 38.9 Å². The van der Waals surface area contributed by atoms with E-state index in [1.54, 1.807) is 0 Å². The van der Waals surface area contributed by atoms with Gasteiger partial charge in [0, 0.05) is 13.6 Å². The molecule has 5 nitrogen and oxygen atoms in total. The monoisotopic (exact) mass is 309 g/mol. The van der Waals surface area contributed by atoms with Crippen LogP contribution in [0.15, 0.2) is 0 Å². The lowest BCUT2D eigenvalue weighted by Gasteiger charge is -2.31. The first kappa shape index (κ1) is 14.9. The van der Waals surface area contributed by atoms with Crippen molar-refractivity contribution in [2.24, 2.45) is 13.0 Å². The minimum Gasteiger partial charge on any atom is -0.312 e. The van der Waals surface area contributed by atoms with Crippen molar-refractivity contribution in [2.45, 2.75) is 39.1 Å². The maximum absolute atomic E-state index is 6.11. The molecule has 0 N–H and O–H groups in total. The number of alkyl halides is 1. The highest BCUT2D eigenvalue weighted by Gasteiger charge is 2.22. The van der Waals surface area contributed by atoms with Crippen molar-refractivity contribution in [2.75, 3.05) is 19.6 Å². The van der Waals surface area contributed by atoms with Gasteiger partial charge in [-0.3, -0.25) is 4.68 Å². The van der Waals surface area contributed by atoms with Crippen molar-refractivity contribution >= 4 is 22.8 Å². The molecule has 6 heteroatoms. The Balaban J connectivity index is 1.86. The molecular formula is C15H24ClN5. The predicted octanol–water partition coefficient (Wildman–Crippen LogP) is 2.55. The van der Waals surface area contributed by atoms with Crippen LogP contribution in [0.2, 0.25) is 0 Å². The third-order valence-electron chi connectivity index (χ3n) is 4.68. The van der Waals surface area contributed by atoms with Crippen LogP contribution < -0.4 is 0 Å². The molecular weight excluding hydrogens is 286 g/mol. The number of fused-ring (bicyclic) bond motifs is 1. The molecule has 116 valence electrons. The van der Waals surface area contributed by atoms with Crippen molar-refractivity contribution < 1.29 is 0 Å². The van der Waals surface area contributed by atoms with Gasteiger partial charge in [-0.05, 0) is 45.3 Å². The Kier molecular flexibility index (Phi) is 4.22. The molecule has 0 atom stereocenters. The lowest BCUT2D eigenvalue weighted by atomic mass is 9.97. The van der Waals surface area contributed by atoms with Crippen molar-refractivity contribution in [3.63, 3.8) is 0 Å². The highest BCUT2D eigenvalue weighted by molar-refractivity contribution is 6.16. The Labute approximate surface area is 130 Å². The fourth-order valence-electron chi connectivity index (χ4n) is 3.42. The quantitative estimate of drug-likeness (QED) is 0.815.